The molecule has 8 nitrogen and oxygen atoms in total. The fraction of sp³-hybridized carbons (Fsp3) is 0.789. The molecule has 0 bridgehead atoms. The highest BCUT2D eigenvalue weighted by molar-refractivity contribution is 5.85. The van der Waals surface area contributed by atoms with Crippen molar-refractivity contribution in [3.05, 3.63) is 0 Å². The van der Waals surface area contributed by atoms with E-state index >= 15 is 0 Å². The molecule has 2 rings (SSSR count). The Balaban J connectivity index is 1.83. The molecule has 2 saturated carbocycles. The minimum Gasteiger partial charge on any atom is -0.550 e. The first kappa shape index (κ1) is 21.2. The van der Waals surface area contributed by atoms with E-state index in [2.05, 4.69) is 10.6 Å². The number of amides is 2. The van der Waals surface area contributed by atoms with Gasteiger partial charge in [0.05, 0.1) is 0 Å². The Morgan fingerprint density at radius 3 is 1.63 bits per heavy atom. The molecule has 2 N–H and O–H groups in total. The van der Waals surface area contributed by atoms with Crippen molar-refractivity contribution in [2.45, 2.75) is 64.3 Å². The van der Waals surface area contributed by atoms with Gasteiger partial charge in [0.1, 0.15) is 0 Å². The van der Waals surface area contributed by atoms with Crippen molar-refractivity contribution in [2.24, 2.45) is 23.7 Å². The van der Waals surface area contributed by atoms with Crippen molar-refractivity contribution < 1.29 is 29.4 Å². The maximum Gasteiger partial charge on any atom is 0.224 e. The monoisotopic (exact) mass is 380 g/mol. The van der Waals surface area contributed by atoms with E-state index in [-0.39, 0.29) is 18.4 Å². The average molecular weight is 380 g/mol. The maximum atomic E-state index is 12.4. The lowest BCUT2D eigenvalue weighted by molar-refractivity contribution is -0.315. The molecular weight excluding hydrogens is 352 g/mol. The zero-order valence-corrected chi connectivity index (χ0v) is 15.7. The Hall–Kier alpha value is -2.12. The van der Waals surface area contributed by atoms with E-state index in [1.165, 1.54) is 0 Å². The summed E-state index contributed by atoms with van der Waals surface area (Å²) < 4.78 is 0. The molecule has 0 aromatic carbocycles. The minimum absolute atomic E-state index is 0.156. The minimum atomic E-state index is -1.19. The van der Waals surface area contributed by atoms with E-state index in [4.69, 9.17) is 0 Å². The molecule has 2 aliphatic carbocycles. The highest BCUT2D eigenvalue weighted by atomic mass is 16.4. The second-order valence-electron chi connectivity index (χ2n) is 7.79. The molecule has 27 heavy (non-hydrogen) atoms. The number of carbonyl (C=O) groups is 4. The number of carboxylic acid groups (broad SMARTS) is 2. The summed E-state index contributed by atoms with van der Waals surface area (Å²) in [6.07, 6.45) is 5.07. The third kappa shape index (κ3) is 5.68. The van der Waals surface area contributed by atoms with Gasteiger partial charge in [-0.3, -0.25) is 9.59 Å². The fourth-order valence-corrected chi connectivity index (χ4v) is 4.24. The van der Waals surface area contributed by atoms with Gasteiger partial charge in [-0.15, -0.1) is 0 Å². The fourth-order valence-electron chi connectivity index (χ4n) is 4.24. The molecule has 0 aliphatic heterocycles. The van der Waals surface area contributed by atoms with E-state index in [9.17, 15) is 29.4 Å². The van der Waals surface area contributed by atoms with Crippen LogP contribution in [-0.2, 0) is 19.2 Å². The molecular formula is C19H28N2O6-2. The first-order valence-electron chi connectivity index (χ1n) is 9.81. The zero-order chi connectivity index (χ0) is 20.0. The van der Waals surface area contributed by atoms with Gasteiger partial charge >= 0.3 is 0 Å². The van der Waals surface area contributed by atoms with Crippen LogP contribution in [0, 0.1) is 23.7 Å². The van der Waals surface area contributed by atoms with E-state index in [1.807, 2.05) is 0 Å². The van der Waals surface area contributed by atoms with Crippen molar-refractivity contribution in [3.8, 4) is 0 Å². The van der Waals surface area contributed by atoms with Gasteiger partial charge in [0.25, 0.3) is 0 Å². The van der Waals surface area contributed by atoms with Gasteiger partial charge in [-0.2, -0.15) is 0 Å². The molecule has 5 atom stereocenters. The number of carboxylic acids is 2. The van der Waals surface area contributed by atoms with Gasteiger partial charge < -0.3 is 30.4 Å². The van der Waals surface area contributed by atoms with Gasteiger partial charge in [-0.25, -0.2) is 0 Å². The summed E-state index contributed by atoms with van der Waals surface area (Å²) in [4.78, 5) is 47.2. The predicted molar refractivity (Wildman–Crippen MR) is 91.5 cm³/mol. The van der Waals surface area contributed by atoms with Crippen LogP contribution in [0.1, 0.15) is 58.3 Å². The van der Waals surface area contributed by atoms with Crippen molar-refractivity contribution in [1.82, 2.24) is 10.6 Å². The molecule has 2 fully saturated rings. The number of nitrogens with one attached hydrogen (secondary N) is 2. The SMILES string of the molecule is C[C@@H](CNC(=O)[C@@H]1CCCC[C@@H]1C(=O)[O-])NC(=O)[C@@H]1CCCC[C@@H]1C(=O)[O-]. The molecule has 0 unspecified atom stereocenters. The quantitative estimate of drug-likeness (QED) is 0.564. The first-order valence-corrected chi connectivity index (χ1v) is 9.81. The van der Waals surface area contributed by atoms with Crippen molar-refractivity contribution in [3.63, 3.8) is 0 Å². The summed E-state index contributed by atoms with van der Waals surface area (Å²) in [7, 11) is 0. The summed E-state index contributed by atoms with van der Waals surface area (Å²) >= 11 is 0. The molecule has 0 heterocycles. The van der Waals surface area contributed by atoms with Crippen LogP contribution in [0.25, 0.3) is 0 Å². The summed E-state index contributed by atoms with van der Waals surface area (Å²) in [6.45, 7) is 1.87. The van der Waals surface area contributed by atoms with Crippen LogP contribution in [0.2, 0.25) is 0 Å². The Morgan fingerprint density at radius 2 is 1.19 bits per heavy atom. The van der Waals surface area contributed by atoms with Gasteiger partial charge in [-0.05, 0) is 32.6 Å². The van der Waals surface area contributed by atoms with Gasteiger partial charge in [-0.1, -0.05) is 25.7 Å². The number of carbonyl (C=O) groups excluding carboxylic acids is 4. The van der Waals surface area contributed by atoms with Crippen LogP contribution in [0.5, 0.6) is 0 Å². The zero-order valence-electron chi connectivity index (χ0n) is 15.7. The Kier molecular flexibility index (Phi) is 7.62. The van der Waals surface area contributed by atoms with Gasteiger partial charge in [0, 0.05) is 48.2 Å². The molecule has 2 amide bonds. The number of rotatable bonds is 7. The van der Waals surface area contributed by atoms with Crippen LogP contribution < -0.4 is 20.8 Å². The molecule has 8 heteroatoms. The van der Waals surface area contributed by atoms with Crippen molar-refractivity contribution >= 4 is 23.8 Å². The molecule has 0 radical (unpaired) electrons. The first-order chi connectivity index (χ1) is 12.8. The second kappa shape index (κ2) is 9.71. The van der Waals surface area contributed by atoms with Crippen LogP contribution in [-0.4, -0.2) is 36.3 Å². The Bertz CT molecular complexity index is 579. The highest BCUT2D eigenvalue weighted by Gasteiger charge is 2.33. The van der Waals surface area contributed by atoms with E-state index in [0.29, 0.717) is 25.7 Å². The maximum absolute atomic E-state index is 12.4. The van der Waals surface area contributed by atoms with E-state index in [1.54, 1.807) is 6.92 Å². The molecule has 0 aromatic heterocycles. The standard InChI is InChI=1S/C19H30N2O6/c1-11(21-17(23)13-7-3-5-9-15(13)19(26)27)10-20-16(22)12-6-2-4-8-14(12)18(24)25/h11-15H,2-10H2,1H3,(H,20,22)(H,21,23)(H,24,25)(H,26,27)/p-2/t11-,12+,13+,14-,15-/m0/s1. The van der Waals surface area contributed by atoms with E-state index < -0.39 is 41.7 Å². The van der Waals surface area contributed by atoms with Crippen LogP contribution in [0.4, 0.5) is 0 Å². The highest BCUT2D eigenvalue weighted by Crippen LogP contribution is 2.31. The largest absolute Gasteiger partial charge is 0.550 e. The normalized spacial score (nSPS) is 29.4. The Morgan fingerprint density at radius 1 is 0.778 bits per heavy atom. The predicted octanol–water partition coefficient (Wildman–Crippen LogP) is -1.28. The molecule has 2 aliphatic rings. The average Bonchev–Trinajstić information content (AvgIpc) is 2.65. The van der Waals surface area contributed by atoms with Crippen LogP contribution >= 0.6 is 0 Å². The smallest absolute Gasteiger partial charge is 0.224 e. The van der Waals surface area contributed by atoms with Gasteiger partial charge in [0.2, 0.25) is 11.8 Å². The summed E-state index contributed by atoms with van der Waals surface area (Å²) in [5.41, 5.74) is 0. The Labute approximate surface area is 159 Å². The number of aliphatic carboxylic acids is 2. The van der Waals surface area contributed by atoms with E-state index in [0.717, 1.165) is 25.7 Å². The molecule has 0 aromatic rings. The topological polar surface area (TPSA) is 138 Å². The number of hydrogen-bond donors (Lipinski definition) is 2. The van der Waals surface area contributed by atoms with Crippen LogP contribution in [0.15, 0.2) is 0 Å². The molecule has 152 valence electrons. The summed E-state index contributed by atoms with van der Waals surface area (Å²) in [5.74, 6) is -5.81. The molecule has 0 spiro atoms. The second-order valence-corrected chi connectivity index (χ2v) is 7.79. The van der Waals surface area contributed by atoms with Gasteiger partial charge in [0.15, 0.2) is 0 Å². The van der Waals surface area contributed by atoms with Crippen molar-refractivity contribution in [1.29, 1.82) is 0 Å². The summed E-state index contributed by atoms with van der Waals surface area (Å²) in [6, 6.07) is -0.393. The summed E-state index contributed by atoms with van der Waals surface area (Å²) in [5, 5.41) is 27.9. The van der Waals surface area contributed by atoms with Crippen molar-refractivity contribution in [2.75, 3.05) is 6.54 Å². The number of hydrogen-bond acceptors (Lipinski definition) is 6. The van der Waals surface area contributed by atoms with Crippen LogP contribution in [0.3, 0.4) is 0 Å². The lowest BCUT2D eigenvalue weighted by Gasteiger charge is -2.33. The molecule has 0 saturated heterocycles. The third-order valence-corrected chi connectivity index (χ3v) is 5.78. The lowest BCUT2D eigenvalue weighted by atomic mass is 9.78. The lowest BCUT2D eigenvalue weighted by Crippen LogP contribution is -2.50. The third-order valence-electron chi connectivity index (χ3n) is 5.78.